The number of hydrogen-bond acceptors (Lipinski definition) is 4. The molecule has 0 aliphatic heterocycles. The molecule has 4 rings (SSSR count). The first kappa shape index (κ1) is 24.1. The SMILES string of the molecule is COC(=O)c1cc(N)cc(-n2c(C)ccc2-c2cc(Cl)ccc2OCC2CCC[C@H](F)C2F)c1. The van der Waals surface area contributed by atoms with Crippen molar-refractivity contribution in [1.29, 1.82) is 0 Å². The van der Waals surface area contributed by atoms with Gasteiger partial charge in [0, 0.05) is 33.6 Å². The molecule has 2 N–H and O–H groups in total. The summed E-state index contributed by atoms with van der Waals surface area (Å²) in [7, 11) is 1.31. The number of methoxy groups -OCH3 is 1. The van der Waals surface area contributed by atoms with Crippen molar-refractivity contribution in [2.75, 3.05) is 19.5 Å². The van der Waals surface area contributed by atoms with E-state index >= 15 is 0 Å². The highest BCUT2D eigenvalue weighted by Crippen LogP contribution is 2.37. The molecule has 8 heteroatoms. The number of nitrogens with zero attached hydrogens (tertiary/aromatic N) is 1. The lowest BCUT2D eigenvalue weighted by atomic mass is 9.87. The van der Waals surface area contributed by atoms with Crippen molar-refractivity contribution < 1.29 is 23.0 Å². The number of anilines is 1. The zero-order valence-corrected chi connectivity index (χ0v) is 19.8. The second-order valence-electron chi connectivity index (χ2n) is 8.60. The van der Waals surface area contributed by atoms with Crippen molar-refractivity contribution in [3.8, 4) is 22.7 Å². The third-order valence-electron chi connectivity index (χ3n) is 6.22. The number of carbonyl (C=O) groups excluding carboxylic acids is 1. The number of ether oxygens (including phenoxy) is 2. The number of nitrogens with two attached hydrogens (primary N) is 1. The number of rotatable bonds is 6. The largest absolute Gasteiger partial charge is 0.492 e. The van der Waals surface area contributed by atoms with Gasteiger partial charge in [-0.3, -0.25) is 0 Å². The van der Waals surface area contributed by atoms with Crippen LogP contribution in [0.2, 0.25) is 5.02 Å². The zero-order valence-electron chi connectivity index (χ0n) is 19.1. The highest BCUT2D eigenvalue weighted by atomic mass is 35.5. The van der Waals surface area contributed by atoms with Crippen LogP contribution in [0.1, 0.15) is 35.3 Å². The van der Waals surface area contributed by atoms with Crippen molar-refractivity contribution >= 4 is 23.3 Å². The van der Waals surface area contributed by atoms with Gasteiger partial charge in [0.15, 0.2) is 0 Å². The average molecular weight is 489 g/mol. The van der Waals surface area contributed by atoms with Gasteiger partial charge in [-0.05, 0) is 74.7 Å². The Labute approximate surface area is 202 Å². The highest BCUT2D eigenvalue weighted by molar-refractivity contribution is 6.31. The Morgan fingerprint density at radius 2 is 1.94 bits per heavy atom. The van der Waals surface area contributed by atoms with E-state index in [1.807, 2.05) is 23.6 Å². The third-order valence-corrected chi connectivity index (χ3v) is 6.45. The van der Waals surface area contributed by atoms with Crippen LogP contribution in [-0.2, 0) is 4.74 Å². The molecule has 2 unspecified atom stereocenters. The van der Waals surface area contributed by atoms with E-state index in [1.165, 1.54) is 7.11 Å². The quantitative estimate of drug-likeness (QED) is 0.325. The topological polar surface area (TPSA) is 66.5 Å². The van der Waals surface area contributed by atoms with E-state index in [4.69, 9.17) is 26.8 Å². The van der Waals surface area contributed by atoms with E-state index in [2.05, 4.69) is 0 Å². The van der Waals surface area contributed by atoms with E-state index < -0.39 is 24.2 Å². The maximum atomic E-state index is 14.4. The Morgan fingerprint density at radius 3 is 2.71 bits per heavy atom. The molecule has 5 nitrogen and oxygen atoms in total. The van der Waals surface area contributed by atoms with Crippen LogP contribution in [0.15, 0.2) is 48.5 Å². The lowest BCUT2D eigenvalue weighted by Crippen LogP contribution is -2.34. The fraction of sp³-hybridized carbons (Fsp3) is 0.346. The highest BCUT2D eigenvalue weighted by Gasteiger charge is 2.34. The molecule has 1 aromatic heterocycles. The van der Waals surface area contributed by atoms with Gasteiger partial charge in [-0.25, -0.2) is 13.6 Å². The van der Waals surface area contributed by atoms with Crippen LogP contribution in [0.25, 0.3) is 16.9 Å². The summed E-state index contributed by atoms with van der Waals surface area (Å²) in [5.74, 6) is -0.488. The Balaban J connectivity index is 1.72. The molecular formula is C26H27ClF2N2O3. The molecule has 2 aromatic carbocycles. The summed E-state index contributed by atoms with van der Waals surface area (Å²) in [5, 5.41) is 0.500. The summed E-state index contributed by atoms with van der Waals surface area (Å²) in [6, 6.07) is 14.0. The van der Waals surface area contributed by atoms with Crippen molar-refractivity contribution in [2.45, 2.75) is 38.5 Å². The van der Waals surface area contributed by atoms with Crippen molar-refractivity contribution in [2.24, 2.45) is 5.92 Å². The van der Waals surface area contributed by atoms with Crippen molar-refractivity contribution in [3.05, 3.63) is 64.8 Å². The van der Waals surface area contributed by atoms with Crippen LogP contribution in [0.3, 0.4) is 0 Å². The molecule has 180 valence electrons. The van der Waals surface area contributed by atoms with E-state index in [0.717, 1.165) is 11.4 Å². The number of hydrogen-bond donors (Lipinski definition) is 1. The lowest BCUT2D eigenvalue weighted by Gasteiger charge is -2.29. The normalized spacial score (nSPS) is 20.2. The van der Waals surface area contributed by atoms with Gasteiger partial charge >= 0.3 is 5.97 Å². The second-order valence-corrected chi connectivity index (χ2v) is 9.04. The average Bonchev–Trinajstić information content (AvgIpc) is 3.20. The molecular weight excluding hydrogens is 462 g/mol. The number of alkyl halides is 2. The molecule has 1 fully saturated rings. The van der Waals surface area contributed by atoms with Gasteiger partial charge in [0.05, 0.1) is 25.0 Å². The van der Waals surface area contributed by atoms with E-state index in [9.17, 15) is 13.6 Å². The molecule has 0 radical (unpaired) electrons. The molecule has 0 spiro atoms. The summed E-state index contributed by atoms with van der Waals surface area (Å²) < 4.78 is 41.0. The number of carbonyl (C=O) groups is 1. The Hall–Kier alpha value is -3.06. The zero-order chi connectivity index (χ0) is 24.4. The predicted molar refractivity (Wildman–Crippen MR) is 129 cm³/mol. The van der Waals surface area contributed by atoms with Gasteiger partial charge in [0.25, 0.3) is 0 Å². The third kappa shape index (κ3) is 4.89. The monoisotopic (exact) mass is 488 g/mol. The maximum Gasteiger partial charge on any atom is 0.337 e. The molecule has 0 amide bonds. The number of esters is 1. The number of nitrogen functional groups attached to an aromatic ring is 1. The first-order valence-electron chi connectivity index (χ1n) is 11.2. The van der Waals surface area contributed by atoms with Crippen LogP contribution in [-0.4, -0.2) is 36.6 Å². The number of benzene rings is 2. The fourth-order valence-corrected chi connectivity index (χ4v) is 4.65. The standard InChI is InChI=1S/C26H27ClF2N2O3/c1-15-6-8-23(31(15)20-11-17(26(32)33-2)10-19(30)13-20)21-12-18(27)7-9-24(21)34-14-16-4-3-5-22(28)25(16)29/h6-13,16,22,25H,3-5,14,30H2,1-2H3/t16?,22-,25?/m0/s1. The molecule has 0 saturated heterocycles. The summed E-state index contributed by atoms with van der Waals surface area (Å²) in [4.78, 5) is 12.1. The summed E-state index contributed by atoms with van der Waals surface area (Å²) in [6.45, 7) is 1.99. The number of aryl methyl sites for hydroxylation is 1. The molecule has 0 bridgehead atoms. The second kappa shape index (κ2) is 10.1. The Kier molecular flexibility index (Phi) is 7.12. The van der Waals surface area contributed by atoms with Gasteiger partial charge in [0.2, 0.25) is 0 Å². The van der Waals surface area contributed by atoms with Crippen LogP contribution < -0.4 is 10.5 Å². The minimum absolute atomic E-state index is 0.0701. The molecule has 1 aliphatic rings. The Morgan fingerprint density at radius 1 is 1.15 bits per heavy atom. The van der Waals surface area contributed by atoms with Crippen molar-refractivity contribution in [3.63, 3.8) is 0 Å². The number of aromatic nitrogens is 1. The lowest BCUT2D eigenvalue weighted by molar-refractivity contribution is 0.0417. The smallest absolute Gasteiger partial charge is 0.337 e. The van der Waals surface area contributed by atoms with Gasteiger partial charge in [-0.15, -0.1) is 0 Å². The maximum absolute atomic E-state index is 14.4. The van der Waals surface area contributed by atoms with Gasteiger partial charge < -0.3 is 19.8 Å². The summed E-state index contributed by atoms with van der Waals surface area (Å²) >= 11 is 6.32. The van der Waals surface area contributed by atoms with Crippen LogP contribution in [0.4, 0.5) is 14.5 Å². The van der Waals surface area contributed by atoms with Crippen LogP contribution in [0.5, 0.6) is 5.75 Å². The van der Waals surface area contributed by atoms with Crippen molar-refractivity contribution in [1.82, 2.24) is 4.57 Å². The molecule has 1 saturated carbocycles. The summed E-state index contributed by atoms with van der Waals surface area (Å²) in [5.41, 5.74) is 9.80. The van der Waals surface area contributed by atoms with E-state index in [1.54, 1.807) is 36.4 Å². The van der Waals surface area contributed by atoms with Gasteiger partial charge in [-0.1, -0.05) is 11.6 Å². The van der Waals surface area contributed by atoms with Crippen LogP contribution >= 0.6 is 11.6 Å². The van der Waals surface area contributed by atoms with E-state index in [-0.39, 0.29) is 13.0 Å². The minimum atomic E-state index is -1.53. The number of halogens is 3. The summed E-state index contributed by atoms with van der Waals surface area (Å²) in [6.07, 6.45) is -1.49. The fourth-order valence-electron chi connectivity index (χ4n) is 4.48. The van der Waals surface area contributed by atoms with Crippen LogP contribution in [0, 0.1) is 12.8 Å². The molecule has 1 heterocycles. The first-order valence-corrected chi connectivity index (χ1v) is 11.5. The van der Waals surface area contributed by atoms with E-state index in [0.29, 0.717) is 46.1 Å². The van der Waals surface area contributed by atoms with Gasteiger partial charge in [-0.2, -0.15) is 0 Å². The Bertz CT molecular complexity index is 1200. The molecule has 1 aliphatic carbocycles. The minimum Gasteiger partial charge on any atom is -0.492 e. The molecule has 34 heavy (non-hydrogen) atoms. The molecule has 3 atom stereocenters. The predicted octanol–water partition coefficient (Wildman–Crippen LogP) is 6.33. The molecule has 3 aromatic rings. The van der Waals surface area contributed by atoms with Gasteiger partial charge in [0.1, 0.15) is 18.1 Å². The first-order chi connectivity index (χ1) is 16.3.